The van der Waals surface area contributed by atoms with Crippen LogP contribution < -0.4 is 15.8 Å². The zero-order valence-electron chi connectivity index (χ0n) is 15.8. The molecule has 1 aromatic heterocycles. The fourth-order valence-electron chi connectivity index (χ4n) is 3.08. The lowest BCUT2D eigenvalue weighted by Crippen LogP contribution is -2.26. The lowest BCUT2D eigenvalue weighted by molar-refractivity contribution is -0.137. The van der Waals surface area contributed by atoms with Crippen LogP contribution in [0.25, 0.3) is 5.57 Å². The smallest absolute Gasteiger partial charge is 0.368 e. The summed E-state index contributed by atoms with van der Waals surface area (Å²) in [5, 5.41) is 8.42. The van der Waals surface area contributed by atoms with Crippen molar-refractivity contribution >= 4 is 33.2 Å². The van der Waals surface area contributed by atoms with Crippen LogP contribution in [-0.4, -0.2) is 29.9 Å². The summed E-state index contributed by atoms with van der Waals surface area (Å²) < 4.78 is 81.1. The van der Waals surface area contributed by atoms with E-state index in [-0.39, 0.29) is 29.6 Å². The van der Waals surface area contributed by atoms with Crippen molar-refractivity contribution in [3.63, 3.8) is 0 Å². The van der Waals surface area contributed by atoms with E-state index in [4.69, 9.17) is 5.73 Å². The first-order chi connectivity index (χ1) is 13.8. The Morgan fingerprint density at radius 2 is 1.97 bits per heavy atom. The van der Waals surface area contributed by atoms with Crippen LogP contribution >= 0.6 is 0 Å². The highest BCUT2D eigenvalue weighted by Gasteiger charge is 2.37. The Bertz CT molecular complexity index is 1140. The Labute approximate surface area is 169 Å². The molecule has 2 aromatic rings. The van der Waals surface area contributed by atoms with Gasteiger partial charge in [0.1, 0.15) is 5.82 Å². The molecule has 1 aliphatic carbocycles. The number of halogens is 4. The van der Waals surface area contributed by atoms with E-state index < -0.39 is 39.1 Å². The average molecular weight is 446 g/mol. The van der Waals surface area contributed by atoms with Gasteiger partial charge in [0, 0.05) is 22.9 Å². The number of anilines is 3. The number of aromatic nitrogens is 3. The van der Waals surface area contributed by atoms with Gasteiger partial charge in [0.25, 0.3) is 0 Å². The molecule has 5 N–H and O–H groups in total. The number of allylic oxidation sites excluding steroid dienone is 4. The highest BCUT2D eigenvalue weighted by molar-refractivity contribution is 7.88. The van der Waals surface area contributed by atoms with Crippen molar-refractivity contribution in [1.82, 2.24) is 19.9 Å². The quantitative estimate of drug-likeness (QED) is 0.523. The van der Waals surface area contributed by atoms with E-state index in [1.54, 1.807) is 6.92 Å². The Kier molecular flexibility index (Phi) is 5.50. The van der Waals surface area contributed by atoms with Gasteiger partial charge in [0.2, 0.25) is 21.9 Å². The van der Waals surface area contributed by atoms with Gasteiger partial charge in [-0.2, -0.15) is 18.2 Å². The van der Waals surface area contributed by atoms with Crippen molar-refractivity contribution in [2.45, 2.75) is 19.5 Å². The molecule has 1 unspecified atom stereocenters. The number of alkyl halides is 3. The molecule has 0 saturated carbocycles. The van der Waals surface area contributed by atoms with Crippen LogP contribution in [0.3, 0.4) is 0 Å². The van der Waals surface area contributed by atoms with Gasteiger partial charge in [-0.1, -0.05) is 13.0 Å². The van der Waals surface area contributed by atoms with E-state index >= 15 is 0 Å². The summed E-state index contributed by atoms with van der Waals surface area (Å²) >= 11 is 0. The molecule has 1 aliphatic rings. The van der Waals surface area contributed by atoms with E-state index in [1.807, 2.05) is 0 Å². The molecule has 0 fully saturated rings. The van der Waals surface area contributed by atoms with E-state index in [2.05, 4.69) is 25.2 Å². The molecule has 8 nitrogen and oxygen atoms in total. The molecular formula is C17H18F4N6O2S. The second kappa shape index (κ2) is 7.63. The minimum Gasteiger partial charge on any atom is -0.368 e. The van der Waals surface area contributed by atoms with Crippen molar-refractivity contribution < 1.29 is 26.0 Å². The van der Waals surface area contributed by atoms with E-state index in [0.29, 0.717) is 5.70 Å². The minimum absolute atomic E-state index is 0.0125. The molecule has 13 heteroatoms. The van der Waals surface area contributed by atoms with Crippen molar-refractivity contribution in [3.8, 4) is 0 Å². The monoisotopic (exact) mass is 446 g/mol. The van der Waals surface area contributed by atoms with Crippen molar-refractivity contribution in [2.24, 2.45) is 5.92 Å². The predicted octanol–water partition coefficient (Wildman–Crippen LogP) is 3.14. The fourth-order valence-corrected chi connectivity index (χ4v) is 3.78. The van der Waals surface area contributed by atoms with Crippen LogP contribution in [0.15, 0.2) is 30.0 Å². The molecule has 1 atom stereocenters. The van der Waals surface area contributed by atoms with E-state index in [9.17, 15) is 26.0 Å². The number of nitrogens with one attached hydrogen (secondary N) is 3. The first-order valence-corrected chi connectivity index (χ1v) is 10.5. The largest absolute Gasteiger partial charge is 0.417 e. The first kappa shape index (κ1) is 21.6. The SMILES string of the molecule is CC1CC(c2c(F)cc(Nc3n[nH]c(N)n3)cc2C(F)(F)F)=CC=C1NS(C)(=O)=O. The average Bonchev–Trinajstić information content (AvgIpc) is 2.99. The number of sulfonamides is 1. The number of H-pyrrole nitrogens is 1. The summed E-state index contributed by atoms with van der Waals surface area (Å²) in [4.78, 5) is 3.71. The van der Waals surface area contributed by atoms with Gasteiger partial charge in [-0.3, -0.25) is 4.72 Å². The van der Waals surface area contributed by atoms with Crippen LogP contribution in [0.1, 0.15) is 24.5 Å². The number of nitrogen functional groups attached to an aromatic ring is 1. The van der Waals surface area contributed by atoms with E-state index in [0.717, 1.165) is 18.4 Å². The Morgan fingerprint density at radius 3 is 2.50 bits per heavy atom. The van der Waals surface area contributed by atoms with Crippen LogP contribution in [0, 0.1) is 11.7 Å². The van der Waals surface area contributed by atoms with Crippen LogP contribution in [0.4, 0.5) is 35.1 Å². The summed E-state index contributed by atoms with van der Waals surface area (Å²) in [5.74, 6) is -1.73. The lowest BCUT2D eigenvalue weighted by Gasteiger charge is -2.25. The summed E-state index contributed by atoms with van der Waals surface area (Å²) in [7, 11) is -3.55. The Morgan fingerprint density at radius 1 is 1.27 bits per heavy atom. The molecule has 1 heterocycles. The van der Waals surface area contributed by atoms with Gasteiger partial charge in [-0.25, -0.2) is 17.9 Å². The van der Waals surface area contributed by atoms with Crippen molar-refractivity contribution in [3.05, 3.63) is 46.9 Å². The highest BCUT2D eigenvalue weighted by Crippen LogP contribution is 2.41. The molecule has 1 aromatic carbocycles. The number of benzene rings is 1. The number of aromatic amines is 1. The number of hydrogen-bond acceptors (Lipinski definition) is 6. The first-order valence-electron chi connectivity index (χ1n) is 8.58. The maximum Gasteiger partial charge on any atom is 0.417 e. The van der Waals surface area contributed by atoms with Crippen LogP contribution in [-0.2, 0) is 16.2 Å². The minimum atomic E-state index is -4.84. The standard InChI is InChI=1S/C17H18F4N6O2S/c1-8-5-9(3-4-13(8)27-30(2,28)29)14-11(17(19,20)21)6-10(7-12(14)18)23-16-24-15(22)25-26-16/h3-4,6-8,27H,5H2,1-2H3,(H4,22,23,24,25,26). The lowest BCUT2D eigenvalue weighted by atomic mass is 9.86. The van der Waals surface area contributed by atoms with Crippen LogP contribution in [0.5, 0.6) is 0 Å². The molecule has 162 valence electrons. The van der Waals surface area contributed by atoms with Gasteiger partial charge >= 0.3 is 6.18 Å². The van der Waals surface area contributed by atoms with Gasteiger partial charge in [0.15, 0.2) is 0 Å². The number of nitrogens with zero attached hydrogens (tertiary/aromatic N) is 2. The molecule has 0 spiro atoms. The maximum atomic E-state index is 14.8. The summed E-state index contributed by atoms with van der Waals surface area (Å²) in [5.41, 5.74) is 3.80. The second-order valence-electron chi connectivity index (χ2n) is 6.84. The Balaban J connectivity index is 2.04. The molecular weight excluding hydrogens is 428 g/mol. The topological polar surface area (TPSA) is 126 Å². The summed E-state index contributed by atoms with van der Waals surface area (Å²) in [6.45, 7) is 1.63. The van der Waals surface area contributed by atoms with Gasteiger partial charge in [-0.05, 0) is 30.2 Å². The third-order valence-electron chi connectivity index (χ3n) is 4.30. The molecule has 0 aliphatic heterocycles. The third-order valence-corrected chi connectivity index (χ3v) is 4.91. The molecule has 3 rings (SSSR count). The van der Waals surface area contributed by atoms with Crippen LogP contribution in [0.2, 0.25) is 0 Å². The number of hydrogen-bond donors (Lipinski definition) is 4. The number of rotatable bonds is 5. The van der Waals surface area contributed by atoms with E-state index in [1.165, 1.54) is 12.2 Å². The zero-order valence-corrected chi connectivity index (χ0v) is 16.6. The summed E-state index contributed by atoms with van der Waals surface area (Å²) in [6.07, 6.45) is -1.24. The second-order valence-corrected chi connectivity index (χ2v) is 8.59. The highest BCUT2D eigenvalue weighted by atomic mass is 32.2. The van der Waals surface area contributed by atoms with Gasteiger partial charge < -0.3 is 11.1 Å². The number of nitrogens with two attached hydrogens (primary N) is 1. The molecule has 0 amide bonds. The molecule has 0 bridgehead atoms. The molecule has 30 heavy (non-hydrogen) atoms. The van der Waals surface area contributed by atoms with Crippen molar-refractivity contribution in [1.29, 1.82) is 0 Å². The van der Waals surface area contributed by atoms with Gasteiger partial charge in [0.05, 0.1) is 11.8 Å². The zero-order chi connectivity index (χ0) is 22.3. The van der Waals surface area contributed by atoms with Crippen molar-refractivity contribution in [2.75, 3.05) is 17.3 Å². The molecule has 0 radical (unpaired) electrons. The normalized spacial score (nSPS) is 17.3. The fraction of sp³-hybridized carbons (Fsp3) is 0.294. The maximum absolute atomic E-state index is 14.8. The third kappa shape index (κ3) is 4.90. The predicted molar refractivity (Wildman–Crippen MR) is 103 cm³/mol. The summed E-state index contributed by atoms with van der Waals surface area (Å²) in [6, 6.07) is 1.65. The Hall–Kier alpha value is -3.09. The van der Waals surface area contributed by atoms with Gasteiger partial charge in [-0.15, -0.1) is 5.10 Å². The molecule has 0 saturated heterocycles.